The first kappa shape index (κ1) is 13.5. The molecule has 1 rings (SSSR count). The summed E-state index contributed by atoms with van der Waals surface area (Å²) in [6.45, 7) is 6.34. The van der Waals surface area contributed by atoms with Crippen molar-refractivity contribution in [3.05, 3.63) is 0 Å². The summed E-state index contributed by atoms with van der Waals surface area (Å²) < 4.78 is 5.41. The van der Waals surface area contributed by atoms with Gasteiger partial charge in [0.05, 0.1) is 6.61 Å². The molecule has 4 nitrogen and oxygen atoms in total. The zero-order valence-corrected chi connectivity index (χ0v) is 10.5. The lowest BCUT2D eigenvalue weighted by atomic mass is 9.98. The largest absolute Gasteiger partial charge is 0.480 e. The van der Waals surface area contributed by atoms with Gasteiger partial charge in [-0.05, 0) is 31.7 Å². The zero-order chi connectivity index (χ0) is 12.1. The normalized spacial score (nSPS) is 23.7. The van der Waals surface area contributed by atoms with Crippen LogP contribution in [0.2, 0.25) is 0 Å². The van der Waals surface area contributed by atoms with E-state index in [0.717, 1.165) is 32.6 Å². The number of hydrogen-bond donors (Lipinski definition) is 1. The van der Waals surface area contributed by atoms with Crippen LogP contribution < -0.4 is 0 Å². The van der Waals surface area contributed by atoms with E-state index in [1.165, 1.54) is 0 Å². The van der Waals surface area contributed by atoms with Crippen LogP contribution in [0, 0.1) is 11.8 Å². The number of carboxylic acids is 1. The molecule has 0 aromatic heterocycles. The van der Waals surface area contributed by atoms with Crippen LogP contribution in [0.5, 0.6) is 0 Å². The molecule has 0 radical (unpaired) electrons. The molecule has 0 bridgehead atoms. The maximum absolute atomic E-state index is 11.2. The summed E-state index contributed by atoms with van der Waals surface area (Å²) in [5, 5.41) is 9.17. The Kier molecular flexibility index (Phi) is 5.22. The molecule has 2 atom stereocenters. The summed E-state index contributed by atoms with van der Waals surface area (Å²) in [5.74, 6) is -0.111. The quantitative estimate of drug-likeness (QED) is 0.775. The van der Waals surface area contributed by atoms with E-state index >= 15 is 0 Å². The van der Waals surface area contributed by atoms with Gasteiger partial charge in [-0.15, -0.1) is 0 Å². The third-order valence-corrected chi connectivity index (χ3v) is 3.16. The Morgan fingerprint density at radius 3 is 2.69 bits per heavy atom. The highest BCUT2D eigenvalue weighted by Gasteiger charge is 2.28. The fourth-order valence-electron chi connectivity index (χ4n) is 2.45. The van der Waals surface area contributed by atoms with Crippen molar-refractivity contribution in [3.63, 3.8) is 0 Å². The molecule has 0 spiro atoms. The Bertz CT molecular complexity index is 224. The molecule has 0 aromatic carbocycles. The Labute approximate surface area is 97.6 Å². The molecule has 4 heteroatoms. The van der Waals surface area contributed by atoms with E-state index < -0.39 is 5.97 Å². The topological polar surface area (TPSA) is 49.8 Å². The number of likely N-dealkylation sites (N-methyl/N-ethyl adjacent to an activating group) is 1. The van der Waals surface area contributed by atoms with Crippen LogP contribution in [-0.2, 0) is 9.53 Å². The monoisotopic (exact) mass is 229 g/mol. The second kappa shape index (κ2) is 6.21. The molecule has 1 saturated heterocycles. The number of rotatable bonds is 5. The first-order valence-electron chi connectivity index (χ1n) is 6.03. The van der Waals surface area contributed by atoms with Crippen LogP contribution in [0.3, 0.4) is 0 Å². The highest BCUT2D eigenvalue weighted by atomic mass is 16.5. The summed E-state index contributed by atoms with van der Waals surface area (Å²) in [6, 6.07) is -0.387. The number of aliphatic carboxylic acids is 1. The minimum Gasteiger partial charge on any atom is -0.480 e. The molecule has 0 aromatic rings. The Hall–Kier alpha value is -0.610. The van der Waals surface area contributed by atoms with Crippen LogP contribution in [0.15, 0.2) is 0 Å². The second-order valence-electron chi connectivity index (χ2n) is 5.05. The van der Waals surface area contributed by atoms with Crippen LogP contribution in [0.4, 0.5) is 0 Å². The molecule has 1 aliphatic rings. The summed E-state index contributed by atoms with van der Waals surface area (Å²) in [5.41, 5.74) is 0. The molecule has 1 N–H and O–H groups in total. The molecule has 1 aliphatic heterocycles. The predicted octanol–water partition coefficient (Wildman–Crippen LogP) is 1.45. The standard InChI is InChI=1S/C12H23NO3/c1-9(2)11(12(14)15)13(3)7-10-5-4-6-16-8-10/h9-11H,4-8H2,1-3H3,(H,14,15). The smallest absolute Gasteiger partial charge is 0.321 e. The number of hydrogen-bond acceptors (Lipinski definition) is 3. The first-order valence-corrected chi connectivity index (χ1v) is 6.03. The van der Waals surface area contributed by atoms with Gasteiger partial charge in [-0.1, -0.05) is 13.8 Å². The fourth-order valence-corrected chi connectivity index (χ4v) is 2.45. The highest BCUT2D eigenvalue weighted by Crippen LogP contribution is 2.17. The maximum Gasteiger partial charge on any atom is 0.321 e. The van der Waals surface area contributed by atoms with Gasteiger partial charge in [-0.2, -0.15) is 0 Å². The maximum atomic E-state index is 11.2. The Balaban J connectivity index is 2.47. The van der Waals surface area contributed by atoms with Gasteiger partial charge in [0.2, 0.25) is 0 Å². The van der Waals surface area contributed by atoms with Crippen molar-refractivity contribution in [1.82, 2.24) is 4.90 Å². The third-order valence-electron chi connectivity index (χ3n) is 3.16. The summed E-state index contributed by atoms with van der Waals surface area (Å²) in [4.78, 5) is 13.1. The van der Waals surface area contributed by atoms with Gasteiger partial charge in [-0.25, -0.2) is 0 Å². The van der Waals surface area contributed by atoms with Crippen molar-refractivity contribution in [1.29, 1.82) is 0 Å². The van der Waals surface area contributed by atoms with Crippen molar-refractivity contribution < 1.29 is 14.6 Å². The molecule has 0 aliphatic carbocycles. The molecule has 94 valence electrons. The Morgan fingerprint density at radius 2 is 2.25 bits per heavy atom. The second-order valence-corrected chi connectivity index (χ2v) is 5.05. The van der Waals surface area contributed by atoms with Crippen molar-refractivity contribution in [2.24, 2.45) is 11.8 Å². The van der Waals surface area contributed by atoms with Gasteiger partial charge < -0.3 is 9.84 Å². The van der Waals surface area contributed by atoms with Crippen LogP contribution in [0.25, 0.3) is 0 Å². The van der Waals surface area contributed by atoms with Gasteiger partial charge in [0.1, 0.15) is 6.04 Å². The number of carbonyl (C=O) groups is 1. The predicted molar refractivity (Wildman–Crippen MR) is 62.4 cm³/mol. The van der Waals surface area contributed by atoms with E-state index in [9.17, 15) is 9.90 Å². The minimum atomic E-state index is -0.728. The lowest BCUT2D eigenvalue weighted by Gasteiger charge is -2.32. The van der Waals surface area contributed by atoms with E-state index in [1.54, 1.807) is 0 Å². The van der Waals surface area contributed by atoms with E-state index in [4.69, 9.17) is 4.74 Å². The molecule has 0 saturated carbocycles. The fraction of sp³-hybridized carbons (Fsp3) is 0.917. The lowest BCUT2D eigenvalue weighted by molar-refractivity contribution is -0.145. The van der Waals surface area contributed by atoms with Gasteiger partial charge in [0.15, 0.2) is 0 Å². The van der Waals surface area contributed by atoms with Gasteiger partial charge in [0.25, 0.3) is 0 Å². The molecule has 1 fully saturated rings. The van der Waals surface area contributed by atoms with Crippen molar-refractivity contribution >= 4 is 5.97 Å². The SMILES string of the molecule is CC(C)C(C(=O)O)N(C)CC1CCCOC1. The highest BCUT2D eigenvalue weighted by molar-refractivity contribution is 5.73. The third kappa shape index (κ3) is 3.76. The number of carboxylic acid groups (broad SMARTS) is 1. The summed E-state index contributed by atoms with van der Waals surface area (Å²) in [7, 11) is 1.90. The van der Waals surface area contributed by atoms with Crippen molar-refractivity contribution in [2.75, 3.05) is 26.8 Å². The lowest BCUT2D eigenvalue weighted by Crippen LogP contribution is -2.45. The Morgan fingerprint density at radius 1 is 1.56 bits per heavy atom. The average molecular weight is 229 g/mol. The van der Waals surface area contributed by atoms with E-state index in [-0.39, 0.29) is 12.0 Å². The molecular weight excluding hydrogens is 206 g/mol. The van der Waals surface area contributed by atoms with Crippen LogP contribution >= 0.6 is 0 Å². The van der Waals surface area contributed by atoms with Crippen molar-refractivity contribution in [2.45, 2.75) is 32.7 Å². The summed E-state index contributed by atoms with van der Waals surface area (Å²) in [6.07, 6.45) is 2.24. The van der Waals surface area contributed by atoms with E-state index in [1.807, 2.05) is 25.8 Å². The first-order chi connectivity index (χ1) is 7.52. The zero-order valence-electron chi connectivity index (χ0n) is 10.5. The minimum absolute atomic E-state index is 0.131. The number of ether oxygens (including phenoxy) is 1. The van der Waals surface area contributed by atoms with E-state index in [0.29, 0.717) is 5.92 Å². The molecule has 2 unspecified atom stereocenters. The van der Waals surface area contributed by atoms with Crippen LogP contribution in [-0.4, -0.2) is 48.8 Å². The van der Waals surface area contributed by atoms with E-state index in [2.05, 4.69) is 0 Å². The molecule has 16 heavy (non-hydrogen) atoms. The molecule has 0 amide bonds. The molecular formula is C12H23NO3. The average Bonchev–Trinajstić information content (AvgIpc) is 2.17. The van der Waals surface area contributed by atoms with Crippen LogP contribution in [0.1, 0.15) is 26.7 Å². The van der Waals surface area contributed by atoms with Gasteiger partial charge in [0, 0.05) is 13.2 Å². The molecule has 1 heterocycles. The van der Waals surface area contributed by atoms with Crippen molar-refractivity contribution in [3.8, 4) is 0 Å². The van der Waals surface area contributed by atoms with Gasteiger partial charge >= 0.3 is 5.97 Å². The number of nitrogens with zero attached hydrogens (tertiary/aromatic N) is 1. The summed E-state index contributed by atoms with van der Waals surface area (Å²) >= 11 is 0. The van der Waals surface area contributed by atoms with Gasteiger partial charge in [-0.3, -0.25) is 9.69 Å².